The predicted octanol–water partition coefficient (Wildman–Crippen LogP) is 2.62. The Bertz CT molecular complexity index is 291. The maximum absolute atomic E-state index is 13.2. The summed E-state index contributed by atoms with van der Waals surface area (Å²) in [6.45, 7) is 0.735. The molecule has 1 rings (SSSR count). The summed E-state index contributed by atoms with van der Waals surface area (Å²) in [5, 5.41) is 0. The lowest BCUT2D eigenvalue weighted by atomic mass is 10.2. The molecule has 0 amide bonds. The lowest BCUT2D eigenvalue weighted by Crippen LogP contribution is -2.10. The Balaban J connectivity index is 2.83. The minimum Gasteiger partial charge on any atom is -0.425 e. The third kappa shape index (κ3) is 3.11. The summed E-state index contributed by atoms with van der Waals surface area (Å²) in [4.78, 5) is 1.99. The standard InChI is InChI=1S/C9H11FINO/c1-12(2)6-7-3-4-9(13-11)8(10)5-7/h3-5H,6H2,1-2H3. The van der Waals surface area contributed by atoms with Gasteiger partial charge < -0.3 is 7.97 Å². The largest absolute Gasteiger partial charge is 0.425 e. The number of hydrogen-bond acceptors (Lipinski definition) is 2. The molecule has 4 heteroatoms. The van der Waals surface area contributed by atoms with Crippen molar-refractivity contribution in [3.05, 3.63) is 29.6 Å². The van der Waals surface area contributed by atoms with Crippen LogP contribution in [0.3, 0.4) is 0 Å². The number of benzene rings is 1. The van der Waals surface area contributed by atoms with Crippen molar-refractivity contribution >= 4 is 23.0 Å². The van der Waals surface area contributed by atoms with E-state index >= 15 is 0 Å². The molecule has 0 aliphatic rings. The molecule has 0 heterocycles. The van der Waals surface area contributed by atoms with Crippen molar-refractivity contribution in [2.24, 2.45) is 0 Å². The van der Waals surface area contributed by atoms with Crippen LogP contribution in [0.4, 0.5) is 4.39 Å². The maximum Gasteiger partial charge on any atom is 0.192 e. The van der Waals surface area contributed by atoms with E-state index in [1.54, 1.807) is 29.1 Å². The van der Waals surface area contributed by atoms with E-state index in [0.717, 1.165) is 12.1 Å². The van der Waals surface area contributed by atoms with Gasteiger partial charge >= 0.3 is 0 Å². The van der Waals surface area contributed by atoms with E-state index in [1.807, 2.05) is 25.1 Å². The molecule has 0 N–H and O–H groups in total. The maximum atomic E-state index is 13.2. The average molecular weight is 295 g/mol. The number of halogens is 2. The van der Waals surface area contributed by atoms with Crippen molar-refractivity contribution in [3.63, 3.8) is 0 Å². The lowest BCUT2D eigenvalue weighted by Gasteiger charge is -2.09. The third-order valence-electron chi connectivity index (χ3n) is 1.58. The number of hydrogen-bond donors (Lipinski definition) is 0. The van der Waals surface area contributed by atoms with Crippen LogP contribution in [0.2, 0.25) is 0 Å². The van der Waals surface area contributed by atoms with Gasteiger partial charge in [-0.05, 0) is 31.8 Å². The zero-order valence-electron chi connectivity index (χ0n) is 7.55. The second-order valence-corrected chi connectivity index (χ2v) is 3.52. The van der Waals surface area contributed by atoms with E-state index in [4.69, 9.17) is 3.07 Å². The van der Waals surface area contributed by atoms with Crippen LogP contribution in [0, 0.1) is 5.82 Å². The summed E-state index contributed by atoms with van der Waals surface area (Å²) < 4.78 is 17.9. The molecule has 0 fully saturated rings. The Labute approximate surface area is 91.4 Å². The highest BCUT2D eigenvalue weighted by molar-refractivity contribution is 14.1. The van der Waals surface area contributed by atoms with Crippen LogP contribution >= 0.6 is 23.0 Å². The first-order valence-corrected chi connectivity index (χ1v) is 4.73. The van der Waals surface area contributed by atoms with Gasteiger partial charge in [-0.25, -0.2) is 4.39 Å². The summed E-state index contributed by atoms with van der Waals surface area (Å²) >= 11 is 1.67. The van der Waals surface area contributed by atoms with Crippen molar-refractivity contribution in [1.82, 2.24) is 4.90 Å². The highest BCUT2D eigenvalue weighted by atomic mass is 127. The van der Waals surface area contributed by atoms with Gasteiger partial charge in [-0.1, -0.05) is 6.07 Å². The summed E-state index contributed by atoms with van der Waals surface area (Å²) in [5.74, 6) is -0.0307. The minimum absolute atomic E-state index is 0.281. The molecule has 13 heavy (non-hydrogen) atoms. The zero-order valence-corrected chi connectivity index (χ0v) is 9.71. The molecule has 0 aliphatic carbocycles. The van der Waals surface area contributed by atoms with Gasteiger partial charge in [0.05, 0.1) is 0 Å². The fourth-order valence-corrected chi connectivity index (χ4v) is 1.43. The van der Waals surface area contributed by atoms with Crippen LogP contribution in [0.5, 0.6) is 5.75 Å². The topological polar surface area (TPSA) is 12.5 Å². The first-order valence-electron chi connectivity index (χ1n) is 3.85. The second-order valence-electron chi connectivity index (χ2n) is 3.08. The molecular weight excluding hydrogens is 284 g/mol. The van der Waals surface area contributed by atoms with Crippen molar-refractivity contribution in [3.8, 4) is 5.75 Å². The van der Waals surface area contributed by atoms with Crippen LogP contribution in [0.15, 0.2) is 18.2 Å². The molecule has 0 saturated heterocycles. The molecule has 0 spiro atoms. The molecule has 2 nitrogen and oxygen atoms in total. The SMILES string of the molecule is CN(C)Cc1ccc(OI)c(F)c1. The van der Waals surface area contributed by atoms with Gasteiger partial charge in [-0.15, -0.1) is 0 Å². The van der Waals surface area contributed by atoms with Gasteiger partial charge in [-0.2, -0.15) is 0 Å². The van der Waals surface area contributed by atoms with Crippen LogP contribution in [0.1, 0.15) is 5.56 Å². The Morgan fingerprint density at radius 3 is 2.62 bits per heavy atom. The fraction of sp³-hybridized carbons (Fsp3) is 0.333. The Hall–Kier alpha value is -0.360. The summed E-state index contributed by atoms with van der Waals surface area (Å²) in [6.07, 6.45) is 0. The predicted molar refractivity (Wildman–Crippen MR) is 58.4 cm³/mol. The first-order chi connectivity index (χ1) is 6.13. The molecule has 1 aromatic rings. The van der Waals surface area contributed by atoms with Crippen molar-refractivity contribution < 1.29 is 7.46 Å². The summed E-state index contributed by atoms with van der Waals surface area (Å²) in [5.41, 5.74) is 0.944. The lowest BCUT2D eigenvalue weighted by molar-refractivity contribution is 0.401. The van der Waals surface area contributed by atoms with Crippen LogP contribution < -0.4 is 3.07 Å². The Kier molecular flexibility index (Phi) is 3.92. The summed E-state index contributed by atoms with van der Waals surface area (Å²) in [6, 6.07) is 4.99. The Morgan fingerprint density at radius 1 is 1.46 bits per heavy atom. The fourth-order valence-electron chi connectivity index (χ4n) is 1.07. The van der Waals surface area contributed by atoms with E-state index in [9.17, 15) is 4.39 Å². The molecule has 0 radical (unpaired) electrons. The molecule has 0 bridgehead atoms. The number of rotatable bonds is 3. The molecule has 0 atom stereocenters. The molecular formula is C9H11FINO. The van der Waals surface area contributed by atoms with E-state index in [0.29, 0.717) is 0 Å². The van der Waals surface area contributed by atoms with E-state index in [1.165, 1.54) is 6.07 Å². The quantitative estimate of drug-likeness (QED) is 0.795. The second kappa shape index (κ2) is 4.76. The smallest absolute Gasteiger partial charge is 0.192 e. The molecule has 0 saturated carbocycles. The summed E-state index contributed by atoms with van der Waals surface area (Å²) in [7, 11) is 3.89. The first kappa shape index (κ1) is 10.7. The van der Waals surface area contributed by atoms with E-state index in [2.05, 4.69) is 0 Å². The molecule has 72 valence electrons. The zero-order chi connectivity index (χ0) is 9.84. The van der Waals surface area contributed by atoms with Gasteiger partial charge in [0.2, 0.25) is 0 Å². The van der Waals surface area contributed by atoms with Crippen LogP contribution in [-0.2, 0) is 6.54 Å². The van der Waals surface area contributed by atoms with Crippen LogP contribution in [0.25, 0.3) is 0 Å². The third-order valence-corrected chi connectivity index (χ3v) is 2.05. The van der Waals surface area contributed by atoms with Gasteiger partial charge in [0, 0.05) is 6.54 Å². The van der Waals surface area contributed by atoms with Crippen LogP contribution in [-0.4, -0.2) is 19.0 Å². The van der Waals surface area contributed by atoms with Gasteiger partial charge in [-0.3, -0.25) is 0 Å². The highest BCUT2D eigenvalue weighted by Gasteiger charge is 2.04. The van der Waals surface area contributed by atoms with Crippen molar-refractivity contribution in [2.75, 3.05) is 14.1 Å². The Morgan fingerprint density at radius 2 is 2.15 bits per heavy atom. The molecule has 0 aliphatic heterocycles. The van der Waals surface area contributed by atoms with Crippen molar-refractivity contribution in [1.29, 1.82) is 0 Å². The van der Waals surface area contributed by atoms with E-state index in [-0.39, 0.29) is 11.6 Å². The molecule has 0 aromatic heterocycles. The molecule has 1 aromatic carbocycles. The molecule has 0 unspecified atom stereocenters. The average Bonchev–Trinajstić information content (AvgIpc) is 2.03. The normalized spacial score (nSPS) is 10.5. The highest BCUT2D eigenvalue weighted by Crippen LogP contribution is 2.20. The monoisotopic (exact) mass is 295 g/mol. The number of nitrogens with zero attached hydrogens (tertiary/aromatic N) is 1. The van der Waals surface area contributed by atoms with E-state index < -0.39 is 0 Å². The van der Waals surface area contributed by atoms with Gasteiger partial charge in [0.1, 0.15) is 0 Å². The van der Waals surface area contributed by atoms with Gasteiger partial charge in [0.25, 0.3) is 0 Å². The minimum atomic E-state index is -0.311. The van der Waals surface area contributed by atoms with Gasteiger partial charge in [0.15, 0.2) is 34.6 Å². The van der Waals surface area contributed by atoms with Crippen molar-refractivity contribution in [2.45, 2.75) is 6.54 Å².